The number of H-pyrrole nitrogens is 1. The predicted molar refractivity (Wildman–Crippen MR) is 88.0 cm³/mol. The number of likely N-dealkylation sites (N-methyl/N-ethyl adjacent to an activating group) is 1. The molecule has 0 saturated heterocycles. The number of aromatic nitrogens is 1. The van der Waals surface area contributed by atoms with Crippen LogP contribution in [0, 0.1) is 0 Å². The van der Waals surface area contributed by atoms with E-state index in [0.29, 0.717) is 12.8 Å². The van der Waals surface area contributed by atoms with Gasteiger partial charge in [-0.1, -0.05) is 25.1 Å². The van der Waals surface area contributed by atoms with Crippen molar-refractivity contribution < 1.29 is 9.90 Å². The SMILES string of the molecule is CCC(CCCSc1cc2ccccc2[nH]1)(NC)C(=O)O. The number of aromatic amines is 1. The van der Waals surface area contributed by atoms with Gasteiger partial charge in [0.05, 0.1) is 5.03 Å². The van der Waals surface area contributed by atoms with Gasteiger partial charge in [-0.3, -0.25) is 4.79 Å². The molecule has 0 saturated carbocycles. The number of carboxylic acid groups (broad SMARTS) is 1. The van der Waals surface area contributed by atoms with E-state index in [1.54, 1.807) is 18.8 Å². The van der Waals surface area contributed by atoms with E-state index in [9.17, 15) is 9.90 Å². The summed E-state index contributed by atoms with van der Waals surface area (Å²) in [5.41, 5.74) is 0.352. The fourth-order valence-electron chi connectivity index (χ4n) is 2.52. The molecular weight excluding hydrogens is 284 g/mol. The average Bonchev–Trinajstić information content (AvgIpc) is 2.90. The maximum Gasteiger partial charge on any atom is 0.323 e. The number of thioether (sulfide) groups is 1. The first kappa shape index (κ1) is 15.9. The fourth-order valence-corrected chi connectivity index (χ4v) is 3.43. The summed E-state index contributed by atoms with van der Waals surface area (Å²) < 4.78 is 0. The van der Waals surface area contributed by atoms with Gasteiger partial charge in [-0.25, -0.2) is 0 Å². The van der Waals surface area contributed by atoms with Crippen molar-refractivity contribution in [2.24, 2.45) is 0 Å². The smallest absolute Gasteiger partial charge is 0.323 e. The van der Waals surface area contributed by atoms with E-state index in [4.69, 9.17) is 0 Å². The molecule has 0 bridgehead atoms. The second-order valence-electron chi connectivity index (χ2n) is 5.16. The molecule has 1 heterocycles. The number of hydrogen-bond donors (Lipinski definition) is 3. The van der Waals surface area contributed by atoms with Crippen LogP contribution >= 0.6 is 11.8 Å². The zero-order valence-corrected chi connectivity index (χ0v) is 13.3. The third-order valence-corrected chi connectivity index (χ3v) is 5.03. The Kier molecular flexibility index (Phi) is 5.31. The molecule has 0 fully saturated rings. The Morgan fingerprint density at radius 2 is 2.19 bits per heavy atom. The first-order valence-corrected chi connectivity index (χ1v) is 8.23. The lowest BCUT2D eigenvalue weighted by Gasteiger charge is -2.27. The fraction of sp³-hybridized carbons (Fsp3) is 0.438. The van der Waals surface area contributed by atoms with Crippen molar-refractivity contribution in [3.63, 3.8) is 0 Å². The van der Waals surface area contributed by atoms with Crippen LogP contribution in [0.3, 0.4) is 0 Å². The van der Waals surface area contributed by atoms with Crippen LogP contribution in [0.25, 0.3) is 10.9 Å². The van der Waals surface area contributed by atoms with Crippen LogP contribution in [-0.4, -0.2) is 34.4 Å². The Bertz CT molecular complexity index is 572. The molecular formula is C16H22N2O2S. The molecule has 1 atom stereocenters. The van der Waals surface area contributed by atoms with E-state index >= 15 is 0 Å². The molecule has 2 rings (SSSR count). The molecule has 0 amide bonds. The maximum absolute atomic E-state index is 11.4. The number of aliphatic carboxylic acids is 1. The number of nitrogens with one attached hydrogen (secondary N) is 2. The Morgan fingerprint density at radius 3 is 2.81 bits per heavy atom. The number of carbonyl (C=O) groups is 1. The predicted octanol–water partition coefficient (Wildman–Crippen LogP) is 3.49. The number of hydrogen-bond acceptors (Lipinski definition) is 3. The van der Waals surface area contributed by atoms with Gasteiger partial charge < -0.3 is 15.4 Å². The van der Waals surface area contributed by atoms with Gasteiger partial charge in [0.1, 0.15) is 5.54 Å². The highest BCUT2D eigenvalue weighted by Gasteiger charge is 2.33. The molecule has 0 aliphatic carbocycles. The zero-order valence-electron chi connectivity index (χ0n) is 12.5. The summed E-state index contributed by atoms with van der Waals surface area (Å²) in [7, 11) is 1.72. The van der Waals surface area contributed by atoms with E-state index in [1.165, 1.54) is 5.39 Å². The summed E-state index contributed by atoms with van der Waals surface area (Å²) in [4.78, 5) is 14.8. The van der Waals surface area contributed by atoms with Crippen molar-refractivity contribution in [3.8, 4) is 0 Å². The van der Waals surface area contributed by atoms with E-state index in [2.05, 4.69) is 28.5 Å². The summed E-state index contributed by atoms with van der Waals surface area (Å²) in [5, 5.41) is 14.7. The van der Waals surface area contributed by atoms with Gasteiger partial charge in [-0.05, 0) is 44.2 Å². The van der Waals surface area contributed by atoms with Gasteiger partial charge in [-0.2, -0.15) is 0 Å². The molecule has 1 unspecified atom stereocenters. The number of benzene rings is 1. The van der Waals surface area contributed by atoms with Gasteiger partial charge in [0.25, 0.3) is 0 Å². The van der Waals surface area contributed by atoms with Gasteiger partial charge in [0, 0.05) is 10.9 Å². The molecule has 21 heavy (non-hydrogen) atoms. The second kappa shape index (κ2) is 7.00. The third-order valence-electron chi connectivity index (χ3n) is 4.00. The van der Waals surface area contributed by atoms with Crippen LogP contribution < -0.4 is 5.32 Å². The highest BCUT2D eigenvalue weighted by Crippen LogP contribution is 2.25. The molecule has 5 heteroatoms. The lowest BCUT2D eigenvalue weighted by Crippen LogP contribution is -2.49. The van der Waals surface area contributed by atoms with Crippen LogP contribution in [0.4, 0.5) is 0 Å². The van der Waals surface area contributed by atoms with Crippen molar-refractivity contribution in [1.29, 1.82) is 0 Å². The first-order chi connectivity index (χ1) is 10.1. The Morgan fingerprint density at radius 1 is 1.43 bits per heavy atom. The van der Waals surface area contributed by atoms with Crippen molar-refractivity contribution in [2.45, 2.75) is 36.8 Å². The minimum Gasteiger partial charge on any atom is -0.480 e. The van der Waals surface area contributed by atoms with Crippen molar-refractivity contribution in [3.05, 3.63) is 30.3 Å². The van der Waals surface area contributed by atoms with Crippen LogP contribution in [0.5, 0.6) is 0 Å². The average molecular weight is 306 g/mol. The lowest BCUT2D eigenvalue weighted by atomic mass is 9.91. The van der Waals surface area contributed by atoms with Gasteiger partial charge in [-0.15, -0.1) is 11.8 Å². The molecule has 0 aliphatic rings. The molecule has 2 aromatic rings. The van der Waals surface area contributed by atoms with E-state index in [-0.39, 0.29) is 0 Å². The van der Waals surface area contributed by atoms with Crippen molar-refractivity contribution in [2.75, 3.05) is 12.8 Å². The molecule has 0 aliphatic heterocycles. The molecule has 0 spiro atoms. The largest absolute Gasteiger partial charge is 0.480 e. The zero-order chi connectivity index (χ0) is 15.3. The summed E-state index contributed by atoms with van der Waals surface area (Å²) in [6.45, 7) is 1.91. The minimum atomic E-state index is -0.791. The normalized spacial score (nSPS) is 14.2. The first-order valence-electron chi connectivity index (χ1n) is 7.24. The number of rotatable bonds is 8. The van der Waals surface area contributed by atoms with Crippen LogP contribution in [0.2, 0.25) is 0 Å². The minimum absolute atomic E-state index is 0.593. The Hall–Kier alpha value is -1.46. The third kappa shape index (κ3) is 3.60. The highest BCUT2D eigenvalue weighted by molar-refractivity contribution is 7.99. The highest BCUT2D eigenvalue weighted by atomic mass is 32.2. The molecule has 3 N–H and O–H groups in total. The van der Waals surface area contributed by atoms with Gasteiger partial charge in [0.15, 0.2) is 0 Å². The van der Waals surface area contributed by atoms with Crippen molar-refractivity contribution in [1.82, 2.24) is 10.3 Å². The molecule has 114 valence electrons. The van der Waals surface area contributed by atoms with Gasteiger partial charge in [0.2, 0.25) is 0 Å². The van der Waals surface area contributed by atoms with Crippen LogP contribution in [0.1, 0.15) is 26.2 Å². The van der Waals surface area contributed by atoms with Gasteiger partial charge >= 0.3 is 5.97 Å². The number of carboxylic acids is 1. The number of fused-ring (bicyclic) bond motifs is 1. The van der Waals surface area contributed by atoms with Crippen LogP contribution in [0.15, 0.2) is 35.4 Å². The Labute approximate surface area is 129 Å². The summed E-state index contributed by atoms with van der Waals surface area (Å²) in [6, 6.07) is 10.3. The van der Waals surface area contributed by atoms with Crippen LogP contribution in [-0.2, 0) is 4.79 Å². The van der Waals surface area contributed by atoms with E-state index in [0.717, 1.165) is 22.7 Å². The number of para-hydroxylation sites is 1. The molecule has 0 radical (unpaired) electrons. The van der Waals surface area contributed by atoms with Crippen molar-refractivity contribution >= 4 is 28.6 Å². The Balaban J connectivity index is 1.88. The van der Waals surface area contributed by atoms with E-state index < -0.39 is 11.5 Å². The summed E-state index contributed by atoms with van der Waals surface area (Å²) in [6.07, 6.45) is 2.10. The summed E-state index contributed by atoms with van der Waals surface area (Å²) >= 11 is 1.74. The molecule has 1 aromatic heterocycles. The second-order valence-corrected chi connectivity index (χ2v) is 6.30. The summed E-state index contributed by atoms with van der Waals surface area (Å²) in [5.74, 6) is 0.145. The standard InChI is InChI=1S/C16H22N2O2S/c1-3-16(17-2,15(19)20)9-6-10-21-14-11-12-7-4-5-8-13(12)18-14/h4-5,7-8,11,17-18H,3,6,9-10H2,1-2H3,(H,19,20). The maximum atomic E-state index is 11.4. The molecule has 4 nitrogen and oxygen atoms in total. The monoisotopic (exact) mass is 306 g/mol. The molecule has 1 aromatic carbocycles. The quantitative estimate of drug-likeness (QED) is 0.516. The lowest BCUT2D eigenvalue weighted by molar-refractivity contribution is -0.145. The van der Waals surface area contributed by atoms with E-state index in [1.807, 2.05) is 19.1 Å². The topological polar surface area (TPSA) is 65.1 Å².